The summed E-state index contributed by atoms with van der Waals surface area (Å²) in [6.07, 6.45) is 4.32. The van der Waals surface area contributed by atoms with Crippen LogP contribution < -0.4 is 0 Å². The number of benzene rings is 2. The van der Waals surface area contributed by atoms with Crippen LogP contribution in [0.3, 0.4) is 0 Å². The molecule has 0 heterocycles. The van der Waals surface area contributed by atoms with Gasteiger partial charge in [0.2, 0.25) is 0 Å². The molecule has 0 fully saturated rings. The molecule has 1 atom stereocenters. The van der Waals surface area contributed by atoms with Crippen LogP contribution in [0.25, 0.3) is 0 Å². The minimum absolute atomic E-state index is 0.198. The van der Waals surface area contributed by atoms with Crippen molar-refractivity contribution in [2.45, 2.75) is 46.1 Å². The first-order valence-electron chi connectivity index (χ1n) is 9.62. The molecule has 144 valence electrons. The standard InChI is InChI=1S/C23H28O4/c1-3-5-10-18(4-2)16-26-22(24)20-13-9-14-21(15-20)23(25)27-17-19-11-7-6-8-12-19/h6-9,11-15,18H,3-5,10,16-17H2,1-2H3. The van der Waals surface area contributed by atoms with Crippen molar-refractivity contribution in [3.63, 3.8) is 0 Å². The van der Waals surface area contributed by atoms with Crippen LogP contribution in [0.1, 0.15) is 65.8 Å². The topological polar surface area (TPSA) is 52.6 Å². The molecule has 2 rings (SSSR count). The first kappa shape index (κ1) is 20.7. The summed E-state index contributed by atoms with van der Waals surface area (Å²) < 4.78 is 10.8. The molecule has 4 nitrogen and oxygen atoms in total. The van der Waals surface area contributed by atoms with Gasteiger partial charge in [-0.3, -0.25) is 0 Å². The maximum atomic E-state index is 12.3. The van der Waals surface area contributed by atoms with E-state index < -0.39 is 11.9 Å². The van der Waals surface area contributed by atoms with Gasteiger partial charge in [-0.2, -0.15) is 0 Å². The van der Waals surface area contributed by atoms with E-state index in [0.717, 1.165) is 31.2 Å². The maximum absolute atomic E-state index is 12.3. The van der Waals surface area contributed by atoms with E-state index in [4.69, 9.17) is 9.47 Å². The zero-order valence-corrected chi connectivity index (χ0v) is 16.1. The van der Waals surface area contributed by atoms with Crippen LogP contribution >= 0.6 is 0 Å². The van der Waals surface area contributed by atoms with Gasteiger partial charge in [0.1, 0.15) is 6.61 Å². The third-order valence-electron chi connectivity index (χ3n) is 4.54. The van der Waals surface area contributed by atoms with Gasteiger partial charge in [0.25, 0.3) is 0 Å². The average Bonchev–Trinajstić information content (AvgIpc) is 2.72. The number of esters is 2. The molecular weight excluding hydrogens is 340 g/mol. The molecule has 0 N–H and O–H groups in total. The Morgan fingerprint density at radius 2 is 1.56 bits per heavy atom. The van der Waals surface area contributed by atoms with E-state index in [1.807, 2.05) is 30.3 Å². The number of hydrogen-bond acceptors (Lipinski definition) is 4. The predicted molar refractivity (Wildman–Crippen MR) is 106 cm³/mol. The van der Waals surface area contributed by atoms with Crippen molar-refractivity contribution < 1.29 is 19.1 Å². The SMILES string of the molecule is CCCCC(CC)COC(=O)c1cccc(C(=O)OCc2ccccc2)c1. The van der Waals surface area contributed by atoms with Crippen LogP contribution in [-0.2, 0) is 16.1 Å². The highest BCUT2D eigenvalue weighted by atomic mass is 16.5. The number of carbonyl (C=O) groups excluding carboxylic acids is 2. The van der Waals surface area contributed by atoms with Gasteiger partial charge in [0.05, 0.1) is 17.7 Å². The molecule has 2 aromatic rings. The number of unbranched alkanes of at least 4 members (excludes halogenated alkanes) is 1. The van der Waals surface area contributed by atoms with E-state index in [0.29, 0.717) is 23.7 Å². The number of carbonyl (C=O) groups is 2. The smallest absolute Gasteiger partial charge is 0.338 e. The van der Waals surface area contributed by atoms with Crippen LogP contribution in [0.15, 0.2) is 54.6 Å². The molecule has 0 saturated heterocycles. The second-order valence-corrected chi connectivity index (χ2v) is 6.66. The van der Waals surface area contributed by atoms with Crippen LogP contribution in [0.4, 0.5) is 0 Å². The molecule has 0 bridgehead atoms. The van der Waals surface area contributed by atoms with Crippen LogP contribution in [0, 0.1) is 5.92 Å². The van der Waals surface area contributed by atoms with Crippen molar-refractivity contribution in [2.24, 2.45) is 5.92 Å². The third kappa shape index (κ3) is 6.89. The fraction of sp³-hybridized carbons (Fsp3) is 0.391. The van der Waals surface area contributed by atoms with Gasteiger partial charge >= 0.3 is 11.9 Å². The highest BCUT2D eigenvalue weighted by Gasteiger charge is 2.15. The summed E-state index contributed by atoms with van der Waals surface area (Å²) in [5, 5.41) is 0. The van der Waals surface area contributed by atoms with Gasteiger partial charge in [-0.1, -0.05) is 69.5 Å². The highest BCUT2D eigenvalue weighted by Crippen LogP contribution is 2.15. The molecule has 0 spiro atoms. The number of rotatable bonds is 10. The molecule has 0 amide bonds. The lowest BCUT2D eigenvalue weighted by Crippen LogP contribution is -2.14. The first-order chi connectivity index (χ1) is 13.1. The van der Waals surface area contributed by atoms with Gasteiger partial charge in [0, 0.05) is 0 Å². The Bertz CT molecular complexity index is 724. The van der Waals surface area contributed by atoms with Gasteiger partial charge < -0.3 is 9.47 Å². The van der Waals surface area contributed by atoms with Crippen LogP contribution in [0.5, 0.6) is 0 Å². The van der Waals surface area contributed by atoms with Crippen molar-refractivity contribution in [2.75, 3.05) is 6.61 Å². The summed E-state index contributed by atoms with van der Waals surface area (Å²) >= 11 is 0. The summed E-state index contributed by atoms with van der Waals surface area (Å²) in [7, 11) is 0. The summed E-state index contributed by atoms with van der Waals surface area (Å²) in [6.45, 7) is 4.88. The molecule has 4 heteroatoms. The quantitative estimate of drug-likeness (QED) is 0.526. The van der Waals surface area contributed by atoms with Crippen molar-refractivity contribution in [3.05, 3.63) is 71.3 Å². The molecule has 27 heavy (non-hydrogen) atoms. The van der Waals surface area contributed by atoms with Crippen molar-refractivity contribution in [1.82, 2.24) is 0 Å². The van der Waals surface area contributed by atoms with Crippen molar-refractivity contribution >= 4 is 11.9 Å². The molecule has 0 aliphatic rings. The van der Waals surface area contributed by atoms with Gasteiger partial charge in [-0.05, 0) is 36.1 Å². The summed E-state index contributed by atoms with van der Waals surface area (Å²) in [5.74, 6) is -0.474. The minimum Gasteiger partial charge on any atom is -0.462 e. The molecular formula is C23H28O4. The normalized spacial score (nSPS) is 11.6. The van der Waals surface area contributed by atoms with E-state index in [9.17, 15) is 9.59 Å². The Balaban J connectivity index is 1.91. The van der Waals surface area contributed by atoms with Crippen molar-refractivity contribution in [1.29, 1.82) is 0 Å². The highest BCUT2D eigenvalue weighted by molar-refractivity contribution is 5.95. The van der Waals surface area contributed by atoms with Crippen molar-refractivity contribution in [3.8, 4) is 0 Å². The number of hydrogen-bond donors (Lipinski definition) is 0. The lowest BCUT2D eigenvalue weighted by molar-refractivity contribution is 0.0428. The first-order valence-corrected chi connectivity index (χ1v) is 9.62. The molecule has 0 aliphatic carbocycles. The van der Waals surface area contributed by atoms with E-state index in [1.54, 1.807) is 18.2 Å². The van der Waals surface area contributed by atoms with Crippen LogP contribution in [0.2, 0.25) is 0 Å². The van der Waals surface area contributed by atoms with E-state index in [2.05, 4.69) is 13.8 Å². The van der Waals surface area contributed by atoms with E-state index in [1.165, 1.54) is 6.07 Å². The summed E-state index contributed by atoms with van der Waals surface area (Å²) in [6, 6.07) is 16.0. The van der Waals surface area contributed by atoms with E-state index in [-0.39, 0.29) is 6.61 Å². The molecule has 0 saturated carbocycles. The lowest BCUT2D eigenvalue weighted by Gasteiger charge is -2.14. The molecule has 1 unspecified atom stereocenters. The molecule has 0 aliphatic heterocycles. The predicted octanol–water partition coefficient (Wildman–Crippen LogP) is 5.42. The summed E-state index contributed by atoms with van der Waals surface area (Å²) in [5.41, 5.74) is 1.63. The number of ether oxygens (including phenoxy) is 2. The minimum atomic E-state index is -0.456. The monoisotopic (exact) mass is 368 g/mol. The fourth-order valence-electron chi connectivity index (χ4n) is 2.75. The fourth-order valence-corrected chi connectivity index (χ4v) is 2.75. The zero-order chi connectivity index (χ0) is 19.5. The maximum Gasteiger partial charge on any atom is 0.338 e. The lowest BCUT2D eigenvalue weighted by atomic mass is 10.0. The molecule has 0 aromatic heterocycles. The Labute approximate surface area is 161 Å². The van der Waals surface area contributed by atoms with Crippen LogP contribution in [-0.4, -0.2) is 18.5 Å². The van der Waals surface area contributed by atoms with Gasteiger partial charge in [0.15, 0.2) is 0 Å². The average molecular weight is 368 g/mol. The van der Waals surface area contributed by atoms with Gasteiger partial charge in [-0.15, -0.1) is 0 Å². The van der Waals surface area contributed by atoms with E-state index >= 15 is 0 Å². The summed E-state index contributed by atoms with van der Waals surface area (Å²) in [4.78, 5) is 24.6. The Kier molecular flexibility index (Phi) is 8.56. The molecule has 2 aromatic carbocycles. The Morgan fingerprint density at radius 3 is 2.19 bits per heavy atom. The third-order valence-corrected chi connectivity index (χ3v) is 4.54. The second-order valence-electron chi connectivity index (χ2n) is 6.66. The Morgan fingerprint density at radius 1 is 0.889 bits per heavy atom. The molecule has 0 radical (unpaired) electrons. The second kappa shape index (κ2) is 11.2. The zero-order valence-electron chi connectivity index (χ0n) is 16.1. The van der Waals surface area contributed by atoms with Gasteiger partial charge in [-0.25, -0.2) is 9.59 Å². The Hall–Kier alpha value is -2.62. The largest absolute Gasteiger partial charge is 0.462 e.